The smallest absolute Gasteiger partial charge is 0.137 e. The van der Waals surface area contributed by atoms with E-state index in [1.807, 2.05) is 6.92 Å². The number of hydrogen-bond acceptors (Lipinski definition) is 2. The highest BCUT2D eigenvalue weighted by molar-refractivity contribution is 5.81. The van der Waals surface area contributed by atoms with Gasteiger partial charge in [0.05, 0.1) is 0 Å². The first-order valence-electron chi connectivity index (χ1n) is 3.54. The number of Topliss-reactive ketones (excluding diaryl/α,β-unsaturated/α-hetero) is 1. The van der Waals surface area contributed by atoms with Crippen LogP contribution in [0.5, 0.6) is 0 Å². The van der Waals surface area contributed by atoms with Gasteiger partial charge >= 0.3 is 0 Å². The van der Waals surface area contributed by atoms with Crippen LogP contribution < -0.4 is 5.32 Å². The fourth-order valence-corrected chi connectivity index (χ4v) is 1.06. The van der Waals surface area contributed by atoms with Crippen molar-refractivity contribution in [2.45, 2.75) is 19.8 Å². The number of carbonyl (C=O) groups excluding carboxylic acids is 1. The van der Waals surface area contributed by atoms with Gasteiger partial charge in [0.25, 0.3) is 0 Å². The number of hydrogen-bond donors (Lipinski definition) is 1. The summed E-state index contributed by atoms with van der Waals surface area (Å²) in [5.74, 6) is 0.708. The van der Waals surface area contributed by atoms with Crippen LogP contribution in [-0.2, 0) is 4.79 Å². The molecule has 0 aliphatic carbocycles. The lowest BCUT2D eigenvalue weighted by molar-refractivity contribution is -0.121. The summed E-state index contributed by atoms with van der Waals surface area (Å²) in [5, 5.41) is 3.19. The fourth-order valence-electron chi connectivity index (χ4n) is 1.06. The van der Waals surface area contributed by atoms with Gasteiger partial charge < -0.3 is 5.32 Å². The third-order valence-corrected chi connectivity index (χ3v) is 1.85. The second-order valence-electron chi connectivity index (χ2n) is 2.66. The molecule has 0 amide bonds. The number of carbonyl (C=O) groups is 1. The van der Waals surface area contributed by atoms with Crippen LogP contribution in [0, 0.1) is 5.92 Å². The van der Waals surface area contributed by atoms with Crippen LogP contribution in [0.4, 0.5) is 0 Å². The van der Waals surface area contributed by atoms with E-state index < -0.39 is 0 Å². The Morgan fingerprint density at radius 1 is 1.56 bits per heavy atom. The molecular weight excluding hydrogens is 114 g/mol. The van der Waals surface area contributed by atoms with Crippen molar-refractivity contribution in [2.75, 3.05) is 13.1 Å². The largest absolute Gasteiger partial charge is 0.316 e. The molecule has 1 atom stereocenters. The summed E-state index contributed by atoms with van der Waals surface area (Å²) < 4.78 is 0. The van der Waals surface area contributed by atoms with E-state index in [1.54, 1.807) is 0 Å². The van der Waals surface area contributed by atoms with E-state index in [2.05, 4.69) is 5.32 Å². The van der Waals surface area contributed by atoms with Gasteiger partial charge in [-0.2, -0.15) is 0 Å². The first kappa shape index (κ1) is 6.75. The van der Waals surface area contributed by atoms with Crippen molar-refractivity contribution in [3.05, 3.63) is 0 Å². The third-order valence-electron chi connectivity index (χ3n) is 1.85. The maximum Gasteiger partial charge on any atom is 0.137 e. The van der Waals surface area contributed by atoms with Crippen molar-refractivity contribution < 1.29 is 4.79 Å². The average molecular weight is 127 g/mol. The SMILES string of the molecule is C[C@@H]1CCNCCC1=O. The lowest BCUT2D eigenvalue weighted by Crippen LogP contribution is -2.13. The lowest BCUT2D eigenvalue weighted by Gasteiger charge is -2.01. The summed E-state index contributed by atoms with van der Waals surface area (Å²) in [5.41, 5.74) is 0. The minimum absolute atomic E-state index is 0.292. The van der Waals surface area contributed by atoms with Gasteiger partial charge in [-0.3, -0.25) is 4.79 Å². The topological polar surface area (TPSA) is 29.1 Å². The summed E-state index contributed by atoms with van der Waals surface area (Å²) in [6.07, 6.45) is 1.74. The van der Waals surface area contributed by atoms with Crippen molar-refractivity contribution >= 4 is 5.78 Å². The van der Waals surface area contributed by atoms with Gasteiger partial charge in [0, 0.05) is 18.9 Å². The lowest BCUT2D eigenvalue weighted by atomic mass is 10.0. The molecular formula is C7H13NO. The molecule has 9 heavy (non-hydrogen) atoms. The highest BCUT2D eigenvalue weighted by atomic mass is 16.1. The molecule has 0 aromatic carbocycles. The zero-order valence-corrected chi connectivity index (χ0v) is 5.81. The monoisotopic (exact) mass is 127 g/mol. The first-order chi connectivity index (χ1) is 4.30. The molecule has 1 fully saturated rings. The molecule has 0 unspecified atom stereocenters. The quantitative estimate of drug-likeness (QED) is 0.515. The number of nitrogens with one attached hydrogen (secondary N) is 1. The molecule has 1 aliphatic heterocycles. The second kappa shape index (κ2) is 2.97. The Morgan fingerprint density at radius 3 is 3.11 bits per heavy atom. The molecule has 0 saturated carbocycles. The highest BCUT2D eigenvalue weighted by Gasteiger charge is 2.14. The minimum atomic E-state index is 0.292. The van der Waals surface area contributed by atoms with Gasteiger partial charge in [-0.15, -0.1) is 0 Å². The van der Waals surface area contributed by atoms with E-state index in [0.717, 1.165) is 25.9 Å². The van der Waals surface area contributed by atoms with Gasteiger partial charge in [0.2, 0.25) is 0 Å². The standard InChI is InChI=1S/C7H13NO/c1-6-2-4-8-5-3-7(6)9/h6,8H,2-5H2,1H3/t6-/m1/s1. The fraction of sp³-hybridized carbons (Fsp3) is 0.857. The van der Waals surface area contributed by atoms with Crippen LogP contribution in [0.15, 0.2) is 0 Å². The Morgan fingerprint density at radius 2 is 2.33 bits per heavy atom. The van der Waals surface area contributed by atoms with Crippen molar-refractivity contribution in [2.24, 2.45) is 5.92 Å². The van der Waals surface area contributed by atoms with Crippen molar-refractivity contribution in [1.29, 1.82) is 0 Å². The average Bonchev–Trinajstić information content (AvgIpc) is 1.99. The van der Waals surface area contributed by atoms with Gasteiger partial charge in [-0.25, -0.2) is 0 Å². The summed E-state index contributed by atoms with van der Waals surface area (Å²) in [7, 11) is 0. The van der Waals surface area contributed by atoms with E-state index in [0.29, 0.717) is 11.7 Å². The van der Waals surface area contributed by atoms with E-state index in [9.17, 15) is 4.79 Å². The van der Waals surface area contributed by atoms with Crippen LogP contribution in [0.2, 0.25) is 0 Å². The number of ketones is 1. The van der Waals surface area contributed by atoms with Crippen LogP contribution in [0.25, 0.3) is 0 Å². The van der Waals surface area contributed by atoms with Crippen LogP contribution in [-0.4, -0.2) is 18.9 Å². The molecule has 0 aromatic heterocycles. The molecule has 1 rings (SSSR count). The van der Waals surface area contributed by atoms with E-state index >= 15 is 0 Å². The van der Waals surface area contributed by atoms with Crippen LogP contribution in [0.3, 0.4) is 0 Å². The molecule has 0 aromatic rings. The van der Waals surface area contributed by atoms with Gasteiger partial charge in [0.15, 0.2) is 0 Å². The Hall–Kier alpha value is -0.370. The molecule has 0 spiro atoms. The third kappa shape index (κ3) is 1.79. The summed E-state index contributed by atoms with van der Waals surface area (Å²) in [4.78, 5) is 11.0. The van der Waals surface area contributed by atoms with Gasteiger partial charge in [-0.1, -0.05) is 6.92 Å². The molecule has 0 radical (unpaired) electrons. The second-order valence-corrected chi connectivity index (χ2v) is 2.66. The first-order valence-corrected chi connectivity index (χ1v) is 3.54. The van der Waals surface area contributed by atoms with Crippen molar-refractivity contribution in [1.82, 2.24) is 5.32 Å². The van der Waals surface area contributed by atoms with Crippen molar-refractivity contribution in [3.8, 4) is 0 Å². The normalized spacial score (nSPS) is 29.9. The van der Waals surface area contributed by atoms with Gasteiger partial charge in [0.1, 0.15) is 5.78 Å². The molecule has 52 valence electrons. The molecule has 1 aliphatic rings. The maximum atomic E-state index is 11.0. The summed E-state index contributed by atoms with van der Waals surface area (Å²) in [6.45, 7) is 3.89. The molecule has 2 heteroatoms. The molecule has 1 saturated heterocycles. The summed E-state index contributed by atoms with van der Waals surface area (Å²) >= 11 is 0. The Kier molecular flexibility index (Phi) is 2.22. The Balaban J connectivity index is 2.41. The van der Waals surface area contributed by atoms with E-state index in [4.69, 9.17) is 0 Å². The highest BCUT2D eigenvalue weighted by Crippen LogP contribution is 2.07. The predicted octanol–water partition coefficient (Wildman–Crippen LogP) is 0.575. The van der Waals surface area contributed by atoms with Crippen molar-refractivity contribution in [3.63, 3.8) is 0 Å². The Bertz CT molecular complexity index is 111. The van der Waals surface area contributed by atoms with E-state index in [-0.39, 0.29) is 0 Å². The zero-order chi connectivity index (χ0) is 6.69. The molecule has 1 heterocycles. The molecule has 0 bridgehead atoms. The molecule has 2 nitrogen and oxygen atoms in total. The molecule has 1 N–H and O–H groups in total. The summed E-state index contributed by atoms with van der Waals surface area (Å²) in [6, 6.07) is 0. The van der Waals surface area contributed by atoms with E-state index in [1.165, 1.54) is 0 Å². The van der Waals surface area contributed by atoms with Gasteiger partial charge in [-0.05, 0) is 13.0 Å². The number of rotatable bonds is 0. The van der Waals surface area contributed by atoms with Crippen LogP contribution >= 0.6 is 0 Å². The predicted molar refractivity (Wildman–Crippen MR) is 36.3 cm³/mol. The maximum absolute atomic E-state index is 11.0. The minimum Gasteiger partial charge on any atom is -0.316 e. The Labute approximate surface area is 55.6 Å². The zero-order valence-electron chi connectivity index (χ0n) is 5.81. The van der Waals surface area contributed by atoms with Crippen LogP contribution in [0.1, 0.15) is 19.8 Å².